The Morgan fingerprint density at radius 3 is 2.87 bits per heavy atom. The van der Waals surface area contributed by atoms with Gasteiger partial charge in [-0.2, -0.15) is 5.10 Å². The van der Waals surface area contributed by atoms with E-state index in [-0.39, 0.29) is 11.9 Å². The number of carbonyl (C=O) groups is 1. The third-order valence-corrected chi connectivity index (χ3v) is 6.79. The second kappa shape index (κ2) is 9.07. The number of piperidine rings is 1. The van der Waals surface area contributed by atoms with E-state index in [0.717, 1.165) is 60.4 Å². The number of imidazole rings is 1. The van der Waals surface area contributed by atoms with E-state index in [2.05, 4.69) is 43.6 Å². The van der Waals surface area contributed by atoms with E-state index >= 15 is 0 Å². The molecule has 1 unspecified atom stereocenters. The van der Waals surface area contributed by atoms with Gasteiger partial charge in [-0.1, -0.05) is 13.8 Å². The molecule has 0 saturated carbocycles. The van der Waals surface area contributed by atoms with Gasteiger partial charge in [-0.3, -0.25) is 14.3 Å². The second-order valence-electron chi connectivity index (χ2n) is 7.99. The molecule has 1 aliphatic heterocycles. The van der Waals surface area contributed by atoms with Gasteiger partial charge in [0.15, 0.2) is 5.65 Å². The summed E-state index contributed by atoms with van der Waals surface area (Å²) in [7, 11) is 0. The highest BCUT2D eigenvalue weighted by atomic mass is 32.2. The van der Waals surface area contributed by atoms with Crippen molar-refractivity contribution in [1.29, 1.82) is 0 Å². The van der Waals surface area contributed by atoms with Gasteiger partial charge in [0.1, 0.15) is 12.2 Å². The standard InChI is InChI=1S/C21H29N7OS/c1-4-9-30-18-11-22-20-17(27-7-5-14(2)6-8-27)10-16(12-28(18)20)21(29)25-15(3)19-23-13-24-26-19/h10-15H,4-9H2,1-3H3,(H,25,29)(H,23,24,26). The summed E-state index contributed by atoms with van der Waals surface area (Å²) in [6, 6.07) is 1.72. The molecule has 2 N–H and O–H groups in total. The van der Waals surface area contributed by atoms with Crippen LogP contribution in [0, 0.1) is 5.92 Å². The van der Waals surface area contributed by atoms with Crippen LogP contribution in [0.1, 0.15) is 62.3 Å². The highest BCUT2D eigenvalue weighted by Crippen LogP contribution is 2.31. The normalized spacial score (nSPS) is 16.2. The molecule has 0 bridgehead atoms. The number of anilines is 1. The number of rotatable bonds is 7. The predicted octanol–water partition coefficient (Wildman–Crippen LogP) is 3.68. The molecule has 0 radical (unpaired) electrons. The molecule has 4 rings (SSSR count). The zero-order valence-corrected chi connectivity index (χ0v) is 18.6. The molecule has 3 aromatic heterocycles. The highest BCUT2D eigenvalue weighted by Gasteiger charge is 2.23. The second-order valence-corrected chi connectivity index (χ2v) is 9.10. The molecular formula is C21H29N7OS. The number of hydrogen-bond donors (Lipinski definition) is 2. The number of H-pyrrole nitrogens is 1. The molecule has 4 heterocycles. The molecule has 3 aromatic rings. The van der Waals surface area contributed by atoms with Crippen LogP contribution in [-0.2, 0) is 0 Å². The Morgan fingerprint density at radius 2 is 2.17 bits per heavy atom. The van der Waals surface area contributed by atoms with Crippen molar-refractivity contribution in [2.24, 2.45) is 5.92 Å². The monoisotopic (exact) mass is 427 g/mol. The Morgan fingerprint density at radius 1 is 1.37 bits per heavy atom. The molecule has 1 saturated heterocycles. The highest BCUT2D eigenvalue weighted by molar-refractivity contribution is 7.99. The number of pyridine rings is 1. The molecule has 9 heteroatoms. The smallest absolute Gasteiger partial charge is 0.253 e. The van der Waals surface area contributed by atoms with Gasteiger partial charge in [0.05, 0.1) is 28.5 Å². The first-order valence-corrected chi connectivity index (χ1v) is 11.6. The van der Waals surface area contributed by atoms with E-state index in [0.29, 0.717) is 11.4 Å². The lowest BCUT2D eigenvalue weighted by molar-refractivity contribution is 0.0938. The molecule has 0 spiro atoms. The van der Waals surface area contributed by atoms with Crippen molar-refractivity contribution in [2.45, 2.75) is 51.1 Å². The summed E-state index contributed by atoms with van der Waals surface area (Å²) in [6.45, 7) is 8.34. The quantitative estimate of drug-likeness (QED) is 0.559. The number of nitrogens with one attached hydrogen (secondary N) is 2. The van der Waals surface area contributed by atoms with Crippen molar-refractivity contribution in [3.05, 3.63) is 36.2 Å². The largest absolute Gasteiger partial charge is 0.368 e. The van der Waals surface area contributed by atoms with Crippen molar-refractivity contribution in [2.75, 3.05) is 23.7 Å². The van der Waals surface area contributed by atoms with Crippen LogP contribution in [0.2, 0.25) is 0 Å². The van der Waals surface area contributed by atoms with E-state index in [1.807, 2.05) is 25.4 Å². The SMILES string of the molecule is CCCSc1cnc2c(N3CCC(C)CC3)cc(C(=O)NC(C)c3ncn[nH]3)cn12. The Kier molecular flexibility index (Phi) is 6.26. The lowest BCUT2D eigenvalue weighted by Gasteiger charge is -2.32. The van der Waals surface area contributed by atoms with Crippen LogP contribution >= 0.6 is 11.8 Å². The van der Waals surface area contributed by atoms with Crippen LogP contribution in [-0.4, -0.2) is 49.3 Å². The lowest BCUT2D eigenvalue weighted by Crippen LogP contribution is -2.34. The average molecular weight is 428 g/mol. The van der Waals surface area contributed by atoms with Gasteiger partial charge in [-0.25, -0.2) is 9.97 Å². The van der Waals surface area contributed by atoms with Crippen LogP contribution in [0.25, 0.3) is 5.65 Å². The maximum Gasteiger partial charge on any atom is 0.253 e. The first-order valence-electron chi connectivity index (χ1n) is 10.6. The predicted molar refractivity (Wildman–Crippen MR) is 119 cm³/mol. The number of aromatic nitrogens is 5. The average Bonchev–Trinajstić information content (AvgIpc) is 3.42. The van der Waals surface area contributed by atoms with Crippen LogP contribution in [0.5, 0.6) is 0 Å². The minimum Gasteiger partial charge on any atom is -0.368 e. The van der Waals surface area contributed by atoms with E-state index in [4.69, 9.17) is 4.98 Å². The Labute approximate surface area is 180 Å². The summed E-state index contributed by atoms with van der Waals surface area (Å²) >= 11 is 1.77. The van der Waals surface area contributed by atoms with Crippen molar-refractivity contribution in [3.63, 3.8) is 0 Å². The molecule has 1 fully saturated rings. The topological polar surface area (TPSA) is 91.2 Å². The van der Waals surface area contributed by atoms with E-state index in [9.17, 15) is 4.79 Å². The van der Waals surface area contributed by atoms with Gasteiger partial charge in [0, 0.05) is 19.3 Å². The van der Waals surface area contributed by atoms with Gasteiger partial charge >= 0.3 is 0 Å². The minimum atomic E-state index is -0.258. The number of carbonyl (C=O) groups excluding carboxylic acids is 1. The van der Waals surface area contributed by atoms with Crippen LogP contribution in [0.4, 0.5) is 5.69 Å². The number of amides is 1. The molecule has 160 valence electrons. The lowest BCUT2D eigenvalue weighted by atomic mass is 9.99. The van der Waals surface area contributed by atoms with Gasteiger partial charge in [-0.15, -0.1) is 11.8 Å². The number of nitrogens with zero attached hydrogens (tertiary/aromatic N) is 5. The fraction of sp³-hybridized carbons (Fsp3) is 0.524. The van der Waals surface area contributed by atoms with Crippen LogP contribution in [0.3, 0.4) is 0 Å². The van der Waals surface area contributed by atoms with Crippen molar-refractivity contribution in [1.82, 2.24) is 29.9 Å². The first kappa shape index (κ1) is 20.7. The Bertz CT molecular complexity index is 992. The van der Waals surface area contributed by atoms with E-state index in [1.165, 1.54) is 6.33 Å². The fourth-order valence-electron chi connectivity index (χ4n) is 3.74. The molecule has 1 atom stereocenters. The summed E-state index contributed by atoms with van der Waals surface area (Å²) in [6.07, 6.45) is 8.67. The van der Waals surface area contributed by atoms with Crippen molar-refractivity contribution < 1.29 is 4.79 Å². The minimum absolute atomic E-state index is 0.132. The van der Waals surface area contributed by atoms with Gasteiger partial charge in [0.25, 0.3) is 5.91 Å². The first-order chi connectivity index (χ1) is 14.6. The number of thioether (sulfide) groups is 1. The molecule has 0 aromatic carbocycles. The Balaban J connectivity index is 1.68. The summed E-state index contributed by atoms with van der Waals surface area (Å²) in [4.78, 5) is 24.3. The molecule has 30 heavy (non-hydrogen) atoms. The molecule has 8 nitrogen and oxygen atoms in total. The molecule has 0 aliphatic carbocycles. The summed E-state index contributed by atoms with van der Waals surface area (Å²) < 4.78 is 2.07. The summed E-state index contributed by atoms with van der Waals surface area (Å²) in [5.41, 5.74) is 2.58. The van der Waals surface area contributed by atoms with E-state index in [1.54, 1.807) is 11.8 Å². The van der Waals surface area contributed by atoms with Gasteiger partial charge < -0.3 is 10.2 Å². The number of fused-ring (bicyclic) bond motifs is 1. The van der Waals surface area contributed by atoms with Gasteiger partial charge in [0.2, 0.25) is 0 Å². The van der Waals surface area contributed by atoms with Crippen molar-refractivity contribution >= 4 is 29.0 Å². The third kappa shape index (κ3) is 4.30. The zero-order chi connectivity index (χ0) is 21.1. The summed E-state index contributed by atoms with van der Waals surface area (Å²) in [5, 5.41) is 10.8. The van der Waals surface area contributed by atoms with Crippen LogP contribution < -0.4 is 10.2 Å². The third-order valence-electron chi connectivity index (χ3n) is 5.58. The molecule has 1 aliphatic rings. The molecule has 1 amide bonds. The summed E-state index contributed by atoms with van der Waals surface area (Å²) in [5.74, 6) is 2.26. The zero-order valence-electron chi connectivity index (χ0n) is 17.8. The maximum absolute atomic E-state index is 13.1. The van der Waals surface area contributed by atoms with Crippen molar-refractivity contribution in [3.8, 4) is 0 Å². The number of hydrogen-bond acceptors (Lipinski definition) is 6. The molecular weight excluding hydrogens is 398 g/mol. The Hall–Kier alpha value is -2.55. The number of aromatic amines is 1. The maximum atomic E-state index is 13.1. The fourth-order valence-corrected chi connectivity index (χ4v) is 4.56. The van der Waals surface area contributed by atoms with E-state index < -0.39 is 0 Å². The van der Waals surface area contributed by atoms with Gasteiger partial charge in [-0.05, 0) is 43.9 Å². The van der Waals surface area contributed by atoms with Crippen LogP contribution in [0.15, 0.2) is 29.8 Å².